The fraction of sp³-hybridized carbons (Fsp3) is 0.611. The maximum absolute atomic E-state index is 14.5. The molecule has 0 aromatic heterocycles. The van der Waals surface area contributed by atoms with Crippen LogP contribution in [0.25, 0.3) is 0 Å². The van der Waals surface area contributed by atoms with Crippen LogP contribution in [0.15, 0.2) is 55.6 Å². The molecule has 2 bridgehead atoms. The van der Waals surface area contributed by atoms with Gasteiger partial charge in [-0.3, -0.25) is 19.2 Å². The van der Waals surface area contributed by atoms with Gasteiger partial charge in [0.1, 0.15) is 17.7 Å². The molecule has 3 aliphatic rings. The molecule has 4 rings (SSSR count). The van der Waals surface area contributed by atoms with Crippen molar-refractivity contribution in [1.82, 2.24) is 14.7 Å². The van der Waals surface area contributed by atoms with Crippen LogP contribution in [0.5, 0.6) is 0 Å². The minimum Gasteiger partial charge on any atom is -0.455 e. The molecule has 47 heavy (non-hydrogen) atoms. The summed E-state index contributed by atoms with van der Waals surface area (Å²) in [7, 11) is 1.69. The first-order valence-electron chi connectivity index (χ1n) is 16.5. The summed E-state index contributed by atoms with van der Waals surface area (Å²) < 4.78 is 13.0. The molecule has 11 heteroatoms. The Morgan fingerprint density at radius 2 is 1.87 bits per heavy atom. The first kappa shape index (κ1) is 36.8. The molecule has 3 amide bonds. The lowest BCUT2D eigenvalue weighted by Gasteiger charge is -2.42. The van der Waals surface area contributed by atoms with Gasteiger partial charge in [-0.25, -0.2) is 0 Å². The number of likely N-dealkylation sites (N-methyl/N-ethyl adjacent to an activating group) is 1. The molecular weight excluding hydrogens is 666 g/mol. The minimum absolute atomic E-state index is 0.0413. The number of carbonyl (C=O) groups is 4. The highest BCUT2D eigenvalue weighted by Crippen LogP contribution is 2.60. The largest absolute Gasteiger partial charge is 0.455 e. The van der Waals surface area contributed by atoms with Crippen LogP contribution < -0.4 is 0 Å². The van der Waals surface area contributed by atoms with E-state index in [1.807, 2.05) is 58.0 Å². The molecule has 258 valence electrons. The Morgan fingerprint density at radius 1 is 1.19 bits per heavy atom. The molecule has 3 saturated heterocycles. The summed E-state index contributed by atoms with van der Waals surface area (Å²) in [6.07, 6.45) is 3.98. The van der Waals surface area contributed by atoms with Crippen molar-refractivity contribution < 1.29 is 33.8 Å². The van der Waals surface area contributed by atoms with Gasteiger partial charge in [-0.05, 0) is 58.9 Å². The van der Waals surface area contributed by atoms with Crippen LogP contribution in [0.1, 0.15) is 71.5 Å². The Morgan fingerprint density at radius 3 is 2.47 bits per heavy atom. The van der Waals surface area contributed by atoms with Crippen LogP contribution in [0.2, 0.25) is 0 Å². The summed E-state index contributed by atoms with van der Waals surface area (Å²) in [5.74, 6) is -3.19. The number of aliphatic hydroxyl groups is 1. The average molecular weight is 717 g/mol. The third-order valence-electron chi connectivity index (χ3n) is 9.87. The summed E-state index contributed by atoms with van der Waals surface area (Å²) in [6.45, 7) is 15.7. The lowest BCUT2D eigenvalue weighted by Crippen LogP contribution is -2.60. The standard InChI is InChI=1S/C36H50BrN3O7/c1-8-10-18-26(42)38(7)23(3)29(24-16-12-11-13-17-24)46-34(45)27-28-32(43)39(20-14-15-21-41)31(36(28)22-25(37)30(27)47-36)33(44)40(19-9-2)35(4,5)6/h8-9,11-13,16-17,23,25,27-31,41H,1-2,10,14-15,18-22H2,3-7H3/t23-,25?,27-,28+,29+,30-,31-,36+/m0/s1. The molecular formula is C36H50BrN3O7. The number of alkyl halides is 1. The lowest BCUT2D eigenvalue weighted by molar-refractivity contribution is -0.164. The van der Waals surface area contributed by atoms with Gasteiger partial charge in [-0.1, -0.05) is 58.4 Å². The number of allylic oxidation sites excluding steroid dienone is 1. The maximum atomic E-state index is 14.5. The number of rotatable bonds is 15. The second-order valence-electron chi connectivity index (χ2n) is 13.9. The number of carbonyl (C=O) groups excluding carboxylic acids is 4. The van der Waals surface area contributed by atoms with Crippen LogP contribution in [-0.2, 0) is 28.7 Å². The predicted octanol–water partition coefficient (Wildman–Crippen LogP) is 4.42. The van der Waals surface area contributed by atoms with E-state index >= 15 is 0 Å². The van der Waals surface area contributed by atoms with Crippen LogP contribution in [-0.4, -0.2) is 104 Å². The van der Waals surface area contributed by atoms with Crippen LogP contribution >= 0.6 is 15.9 Å². The molecule has 10 nitrogen and oxygen atoms in total. The predicted molar refractivity (Wildman–Crippen MR) is 182 cm³/mol. The van der Waals surface area contributed by atoms with Gasteiger partial charge in [-0.2, -0.15) is 0 Å². The molecule has 8 atom stereocenters. The number of benzene rings is 1. The number of nitrogens with zero attached hydrogens (tertiary/aromatic N) is 3. The van der Waals surface area contributed by atoms with Crippen molar-refractivity contribution in [3.05, 3.63) is 61.2 Å². The number of likely N-dealkylation sites (tertiary alicyclic amines) is 1. The molecule has 1 aromatic carbocycles. The van der Waals surface area contributed by atoms with Crippen molar-refractivity contribution in [3.8, 4) is 0 Å². The summed E-state index contributed by atoms with van der Waals surface area (Å²) in [5.41, 5.74) is -1.10. The lowest BCUT2D eigenvalue weighted by atomic mass is 9.70. The molecule has 3 aliphatic heterocycles. The van der Waals surface area contributed by atoms with E-state index in [-0.39, 0.29) is 48.7 Å². The number of amides is 3. The average Bonchev–Trinajstić information content (AvgIpc) is 3.63. The van der Waals surface area contributed by atoms with Gasteiger partial charge < -0.3 is 29.3 Å². The van der Waals surface area contributed by atoms with Crippen molar-refractivity contribution in [2.75, 3.05) is 26.7 Å². The quantitative estimate of drug-likeness (QED) is 0.124. The molecule has 1 N–H and O–H groups in total. The van der Waals surface area contributed by atoms with E-state index in [0.717, 1.165) is 0 Å². The van der Waals surface area contributed by atoms with E-state index in [9.17, 15) is 24.3 Å². The maximum Gasteiger partial charge on any atom is 0.313 e. The third kappa shape index (κ3) is 7.08. The Labute approximate surface area is 287 Å². The van der Waals surface area contributed by atoms with E-state index < -0.39 is 53.2 Å². The van der Waals surface area contributed by atoms with Gasteiger partial charge in [-0.15, -0.1) is 13.2 Å². The molecule has 1 spiro atoms. The summed E-state index contributed by atoms with van der Waals surface area (Å²) in [5, 5.41) is 9.49. The Balaban J connectivity index is 1.72. The smallest absolute Gasteiger partial charge is 0.313 e. The van der Waals surface area contributed by atoms with Gasteiger partial charge in [0.25, 0.3) is 0 Å². The van der Waals surface area contributed by atoms with Gasteiger partial charge in [0.15, 0.2) is 0 Å². The molecule has 0 saturated carbocycles. The van der Waals surface area contributed by atoms with Gasteiger partial charge in [0, 0.05) is 43.5 Å². The van der Waals surface area contributed by atoms with E-state index in [1.165, 1.54) is 0 Å². The summed E-state index contributed by atoms with van der Waals surface area (Å²) in [6, 6.07) is 7.77. The van der Waals surface area contributed by atoms with Crippen molar-refractivity contribution in [2.45, 2.75) is 100 Å². The third-order valence-corrected chi connectivity index (χ3v) is 10.7. The number of ether oxygens (including phenoxy) is 2. The van der Waals surface area contributed by atoms with Gasteiger partial charge in [0.05, 0.1) is 24.0 Å². The molecule has 0 aliphatic carbocycles. The number of hydrogen-bond acceptors (Lipinski definition) is 7. The molecule has 0 radical (unpaired) electrons. The minimum atomic E-state index is -1.24. The van der Waals surface area contributed by atoms with Crippen molar-refractivity contribution in [3.63, 3.8) is 0 Å². The van der Waals surface area contributed by atoms with E-state index in [2.05, 4.69) is 29.1 Å². The van der Waals surface area contributed by atoms with Crippen molar-refractivity contribution in [2.24, 2.45) is 11.8 Å². The Hall–Kier alpha value is -3.02. The molecule has 1 aromatic rings. The number of fused-ring (bicyclic) bond motifs is 1. The number of unbranched alkanes of at least 4 members (excludes halogenated alkanes) is 1. The number of esters is 1. The Bertz CT molecular complexity index is 1330. The van der Waals surface area contributed by atoms with Gasteiger partial charge >= 0.3 is 5.97 Å². The zero-order valence-corrected chi connectivity index (χ0v) is 29.9. The highest BCUT2D eigenvalue weighted by Gasteiger charge is 2.77. The molecule has 1 unspecified atom stereocenters. The fourth-order valence-electron chi connectivity index (χ4n) is 7.41. The highest BCUT2D eigenvalue weighted by molar-refractivity contribution is 9.09. The first-order chi connectivity index (χ1) is 22.2. The van der Waals surface area contributed by atoms with Crippen LogP contribution in [0.3, 0.4) is 0 Å². The van der Waals surface area contributed by atoms with Crippen LogP contribution in [0, 0.1) is 11.8 Å². The summed E-state index contributed by atoms with van der Waals surface area (Å²) >= 11 is 3.73. The fourth-order valence-corrected chi connectivity index (χ4v) is 8.35. The van der Waals surface area contributed by atoms with Crippen molar-refractivity contribution >= 4 is 39.6 Å². The number of aliphatic hydroxyl groups excluding tert-OH is 1. The topological polar surface area (TPSA) is 117 Å². The molecule has 3 fully saturated rings. The second kappa shape index (κ2) is 15.0. The zero-order valence-electron chi connectivity index (χ0n) is 28.3. The van der Waals surface area contributed by atoms with E-state index in [1.54, 1.807) is 33.9 Å². The van der Waals surface area contributed by atoms with Gasteiger partial charge in [0.2, 0.25) is 17.7 Å². The number of hydrogen-bond donors (Lipinski definition) is 1. The van der Waals surface area contributed by atoms with Crippen LogP contribution in [0.4, 0.5) is 0 Å². The highest BCUT2D eigenvalue weighted by atomic mass is 79.9. The normalized spacial score (nSPS) is 27.6. The second-order valence-corrected chi connectivity index (χ2v) is 15.1. The Kier molecular flexibility index (Phi) is 11.8. The first-order valence-corrected chi connectivity index (χ1v) is 17.4. The van der Waals surface area contributed by atoms with E-state index in [4.69, 9.17) is 9.47 Å². The molecule has 3 heterocycles. The van der Waals surface area contributed by atoms with Crippen molar-refractivity contribution in [1.29, 1.82) is 0 Å². The van der Waals surface area contributed by atoms with E-state index in [0.29, 0.717) is 31.2 Å². The monoisotopic (exact) mass is 715 g/mol. The zero-order chi connectivity index (χ0) is 34.7. The number of halogens is 1. The SMILES string of the molecule is C=CCCC(=O)N(C)[C@@H](C)[C@@H](OC(=O)[C@@H]1[C@H]2O[C@@]3(CC2Br)[C@H](C(=O)N(CC=C)C(C)(C)C)N(CCCCO)C(=O)[C@@H]13)c1ccccc1. The summed E-state index contributed by atoms with van der Waals surface area (Å²) in [4.78, 5) is 60.9.